The standard InChI is InChI=1S/C11H22N2/c12-11(10-2-1-3-10)8-9-4-6-13-7-5-9/h9-11,13H,1-8,12H2. The van der Waals surface area contributed by atoms with Crippen molar-refractivity contribution in [2.45, 2.75) is 44.6 Å². The minimum Gasteiger partial charge on any atom is -0.327 e. The Labute approximate surface area is 81.3 Å². The Morgan fingerprint density at radius 2 is 1.85 bits per heavy atom. The summed E-state index contributed by atoms with van der Waals surface area (Å²) in [5, 5.41) is 3.40. The quantitative estimate of drug-likeness (QED) is 0.694. The van der Waals surface area contributed by atoms with E-state index in [4.69, 9.17) is 5.73 Å². The first-order chi connectivity index (χ1) is 6.36. The van der Waals surface area contributed by atoms with E-state index >= 15 is 0 Å². The van der Waals surface area contributed by atoms with Crippen molar-refractivity contribution in [2.75, 3.05) is 13.1 Å². The Bertz CT molecular complexity index is 148. The smallest absolute Gasteiger partial charge is 0.00698 e. The topological polar surface area (TPSA) is 38.0 Å². The fraction of sp³-hybridized carbons (Fsp3) is 1.00. The monoisotopic (exact) mass is 182 g/mol. The molecule has 0 aromatic rings. The van der Waals surface area contributed by atoms with Crippen LogP contribution in [0.1, 0.15) is 38.5 Å². The lowest BCUT2D eigenvalue weighted by atomic mass is 9.76. The molecule has 3 N–H and O–H groups in total. The first-order valence-electron chi connectivity index (χ1n) is 5.82. The lowest BCUT2D eigenvalue weighted by molar-refractivity contribution is 0.216. The van der Waals surface area contributed by atoms with Gasteiger partial charge in [0.25, 0.3) is 0 Å². The first kappa shape index (κ1) is 9.47. The average Bonchev–Trinajstić information content (AvgIpc) is 2.02. The van der Waals surface area contributed by atoms with E-state index in [-0.39, 0.29) is 0 Å². The van der Waals surface area contributed by atoms with Crippen molar-refractivity contribution in [2.24, 2.45) is 17.6 Å². The second-order valence-corrected chi connectivity index (χ2v) is 4.78. The van der Waals surface area contributed by atoms with Gasteiger partial charge in [-0.05, 0) is 57.0 Å². The average molecular weight is 182 g/mol. The van der Waals surface area contributed by atoms with Crippen molar-refractivity contribution in [1.82, 2.24) is 5.32 Å². The summed E-state index contributed by atoms with van der Waals surface area (Å²) in [6, 6.07) is 0.511. The molecule has 0 amide bonds. The molecule has 0 spiro atoms. The summed E-state index contributed by atoms with van der Waals surface area (Å²) >= 11 is 0. The zero-order chi connectivity index (χ0) is 9.10. The Hall–Kier alpha value is -0.0800. The van der Waals surface area contributed by atoms with E-state index in [0.717, 1.165) is 11.8 Å². The van der Waals surface area contributed by atoms with Crippen molar-refractivity contribution in [3.05, 3.63) is 0 Å². The van der Waals surface area contributed by atoms with Crippen molar-refractivity contribution in [3.8, 4) is 0 Å². The molecule has 2 rings (SSSR count). The third-order valence-electron chi connectivity index (χ3n) is 3.82. The number of hydrogen-bond donors (Lipinski definition) is 2. The number of nitrogens with one attached hydrogen (secondary N) is 1. The molecule has 1 atom stereocenters. The van der Waals surface area contributed by atoms with E-state index in [1.807, 2.05) is 0 Å². The lowest BCUT2D eigenvalue weighted by Crippen LogP contribution is -2.38. The van der Waals surface area contributed by atoms with Crippen LogP contribution in [-0.4, -0.2) is 19.1 Å². The van der Waals surface area contributed by atoms with Gasteiger partial charge < -0.3 is 11.1 Å². The molecule has 1 saturated carbocycles. The van der Waals surface area contributed by atoms with Gasteiger partial charge in [0.1, 0.15) is 0 Å². The van der Waals surface area contributed by atoms with Crippen molar-refractivity contribution >= 4 is 0 Å². The van der Waals surface area contributed by atoms with Crippen molar-refractivity contribution < 1.29 is 0 Å². The number of nitrogens with two attached hydrogens (primary N) is 1. The molecule has 1 unspecified atom stereocenters. The molecule has 0 bridgehead atoms. The number of rotatable bonds is 3. The molecule has 2 fully saturated rings. The van der Waals surface area contributed by atoms with Crippen LogP contribution in [0.25, 0.3) is 0 Å². The second kappa shape index (κ2) is 4.43. The minimum absolute atomic E-state index is 0.511. The fourth-order valence-electron chi connectivity index (χ4n) is 2.56. The van der Waals surface area contributed by atoms with Crippen LogP contribution in [0.2, 0.25) is 0 Å². The summed E-state index contributed by atoms with van der Waals surface area (Å²) in [4.78, 5) is 0. The van der Waals surface area contributed by atoms with Crippen LogP contribution in [0.5, 0.6) is 0 Å². The maximum atomic E-state index is 6.19. The molecular weight excluding hydrogens is 160 g/mol. The molecule has 13 heavy (non-hydrogen) atoms. The maximum absolute atomic E-state index is 6.19. The molecular formula is C11H22N2. The molecule has 2 nitrogen and oxygen atoms in total. The number of piperidine rings is 1. The van der Waals surface area contributed by atoms with Crippen molar-refractivity contribution in [3.63, 3.8) is 0 Å². The molecule has 76 valence electrons. The van der Waals surface area contributed by atoms with Gasteiger partial charge >= 0.3 is 0 Å². The van der Waals surface area contributed by atoms with E-state index in [9.17, 15) is 0 Å². The van der Waals surface area contributed by atoms with Gasteiger partial charge in [-0.3, -0.25) is 0 Å². The van der Waals surface area contributed by atoms with Gasteiger partial charge in [0, 0.05) is 6.04 Å². The van der Waals surface area contributed by atoms with E-state index in [1.54, 1.807) is 0 Å². The Balaban J connectivity index is 1.69. The van der Waals surface area contributed by atoms with E-state index in [0.29, 0.717) is 6.04 Å². The Morgan fingerprint density at radius 1 is 1.15 bits per heavy atom. The van der Waals surface area contributed by atoms with E-state index < -0.39 is 0 Å². The highest BCUT2D eigenvalue weighted by atomic mass is 14.9. The Kier molecular flexibility index (Phi) is 3.23. The molecule has 1 aliphatic heterocycles. The van der Waals surface area contributed by atoms with Crippen LogP contribution in [0.4, 0.5) is 0 Å². The summed E-state index contributed by atoms with van der Waals surface area (Å²) < 4.78 is 0. The van der Waals surface area contributed by atoms with Gasteiger partial charge in [0.2, 0.25) is 0 Å². The molecule has 1 heterocycles. The summed E-state index contributed by atoms with van der Waals surface area (Å²) in [5.41, 5.74) is 6.19. The van der Waals surface area contributed by atoms with Crippen LogP contribution in [0, 0.1) is 11.8 Å². The van der Waals surface area contributed by atoms with Gasteiger partial charge in [-0.2, -0.15) is 0 Å². The molecule has 2 heteroatoms. The van der Waals surface area contributed by atoms with Gasteiger partial charge in [-0.25, -0.2) is 0 Å². The van der Waals surface area contributed by atoms with E-state index in [1.165, 1.54) is 51.6 Å². The lowest BCUT2D eigenvalue weighted by Gasteiger charge is -2.34. The van der Waals surface area contributed by atoms with Crippen LogP contribution in [0.15, 0.2) is 0 Å². The third-order valence-corrected chi connectivity index (χ3v) is 3.82. The molecule has 1 saturated heterocycles. The van der Waals surface area contributed by atoms with Gasteiger partial charge in [0.15, 0.2) is 0 Å². The predicted octanol–water partition coefficient (Wildman–Crippen LogP) is 1.50. The van der Waals surface area contributed by atoms with E-state index in [2.05, 4.69) is 5.32 Å². The van der Waals surface area contributed by atoms with Gasteiger partial charge in [0.05, 0.1) is 0 Å². The molecule has 2 aliphatic rings. The SMILES string of the molecule is NC(CC1CCNCC1)C1CCC1. The fourth-order valence-corrected chi connectivity index (χ4v) is 2.56. The summed E-state index contributed by atoms with van der Waals surface area (Å²) in [6.07, 6.45) is 8.19. The molecule has 0 aromatic heterocycles. The highest BCUT2D eigenvalue weighted by molar-refractivity contribution is 4.83. The molecule has 1 aliphatic carbocycles. The van der Waals surface area contributed by atoms with Crippen LogP contribution in [-0.2, 0) is 0 Å². The second-order valence-electron chi connectivity index (χ2n) is 4.78. The van der Waals surface area contributed by atoms with Gasteiger partial charge in [-0.1, -0.05) is 6.42 Å². The van der Waals surface area contributed by atoms with Gasteiger partial charge in [-0.15, -0.1) is 0 Å². The summed E-state index contributed by atoms with van der Waals surface area (Å²) in [5.74, 6) is 1.78. The third kappa shape index (κ3) is 2.44. The predicted molar refractivity (Wildman–Crippen MR) is 55.5 cm³/mol. The zero-order valence-corrected chi connectivity index (χ0v) is 8.47. The maximum Gasteiger partial charge on any atom is 0.00698 e. The van der Waals surface area contributed by atoms with Crippen LogP contribution >= 0.6 is 0 Å². The number of hydrogen-bond acceptors (Lipinski definition) is 2. The summed E-state index contributed by atoms with van der Waals surface area (Å²) in [7, 11) is 0. The normalized spacial score (nSPS) is 28.4. The largest absolute Gasteiger partial charge is 0.327 e. The highest BCUT2D eigenvalue weighted by Gasteiger charge is 2.26. The van der Waals surface area contributed by atoms with Crippen LogP contribution in [0.3, 0.4) is 0 Å². The minimum atomic E-state index is 0.511. The highest BCUT2D eigenvalue weighted by Crippen LogP contribution is 2.32. The van der Waals surface area contributed by atoms with Crippen LogP contribution < -0.4 is 11.1 Å². The first-order valence-corrected chi connectivity index (χ1v) is 5.82. The zero-order valence-electron chi connectivity index (χ0n) is 8.47. The molecule has 0 aromatic carbocycles. The van der Waals surface area contributed by atoms with Crippen molar-refractivity contribution in [1.29, 1.82) is 0 Å². The summed E-state index contributed by atoms with van der Waals surface area (Å²) in [6.45, 7) is 2.42. The Morgan fingerprint density at radius 3 is 2.38 bits per heavy atom. The molecule has 0 radical (unpaired) electrons.